The van der Waals surface area contributed by atoms with Gasteiger partial charge in [-0.1, -0.05) is 6.92 Å². The van der Waals surface area contributed by atoms with Crippen LogP contribution in [0.5, 0.6) is 0 Å². The highest BCUT2D eigenvalue weighted by atomic mass is 15.3. The Morgan fingerprint density at radius 1 is 1.26 bits per heavy atom. The van der Waals surface area contributed by atoms with Crippen molar-refractivity contribution in [1.82, 2.24) is 19.8 Å². The second-order valence-electron chi connectivity index (χ2n) is 5.93. The Balaban J connectivity index is 1.69. The van der Waals surface area contributed by atoms with E-state index in [-0.39, 0.29) is 0 Å². The molecule has 2 unspecified atom stereocenters. The zero-order valence-corrected chi connectivity index (χ0v) is 12.0. The summed E-state index contributed by atoms with van der Waals surface area (Å²) in [5.41, 5.74) is 2.10. The molecule has 0 saturated carbocycles. The minimum absolute atomic E-state index is 0.678. The molecule has 0 spiro atoms. The summed E-state index contributed by atoms with van der Waals surface area (Å²) >= 11 is 0. The van der Waals surface area contributed by atoms with Gasteiger partial charge in [-0.25, -0.2) is 0 Å². The van der Waals surface area contributed by atoms with Crippen LogP contribution in [0.4, 0.5) is 0 Å². The van der Waals surface area contributed by atoms with E-state index in [4.69, 9.17) is 0 Å². The molecular formula is C15H24N4. The van der Waals surface area contributed by atoms with Gasteiger partial charge < -0.3 is 0 Å². The van der Waals surface area contributed by atoms with Gasteiger partial charge in [0.25, 0.3) is 0 Å². The molecule has 2 aliphatic heterocycles. The van der Waals surface area contributed by atoms with E-state index in [2.05, 4.69) is 26.7 Å². The van der Waals surface area contributed by atoms with Crippen molar-refractivity contribution in [2.45, 2.75) is 51.7 Å². The van der Waals surface area contributed by atoms with Crippen molar-refractivity contribution in [3.8, 4) is 0 Å². The Morgan fingerprint density at radius 2 is 2.16 bits per heavy atom. The molecule has 0 radical (unpaired) electrons. The van der Waals surface area contributed by atoms with Crippen molar-refractivity contribution in [3.05, 3.63) is 23.8 Å². The van der Waals surface area contributed by atoms with Crippen molar-refractivity contribution < 1.29 is 0 Å². The molecule has 0 amide bonds. The molecule has 3 heterocycles. The lowest BCUT2D eigenvalue weighted by Crippen LogP contribution is -2.55. The van der Waals surface area contributed by atoms with Crippen molar-refractivity contribution in [2.24, 2.45) is 0 Å². The van der Waals surface area contributed by atoms with E-state index in [0.717, 1.165) is 24.0 Å². The third-order valence-electron chi connectivity index (χ3n) is 4.58. The maximum Gasteiger partial charge on any atom is 0.0727 e. The molecule has 0 aromatic carbocycles. The monoisotopic (exact) mass is 260 g/mol. The number of fused-ring (bicyclic) bond motifs is 1. The van der Waals surface area contributed by atoms with E-state index in [1.54, 1.807) is 0 Å². The van der Waals surface area contributed by atoms with Gasteiger partial charge in [0.05, 0.1) is 11.4 Å². The average molecular weight is 260 g/mol. The smallest absolute Gasteiger partial charge is 0.0727 e. The zero-order chi connectivity index (χ0) is 13.2. The van der Waals surface area contributed by atoms with Crippen LogP contribution in [0.25, 0.3) is 0 Å². The molecule has 2 fully saturated rings. The second kappa shape index (κ2) is 5.55. The second-order valence-corrected chi connectivity index (χ2v) is 5.93. The lowest BCUT2D eigenvalue weighted by Gasteiger charge is -2.43. The van der Waals surface area contributed by atoms with Crippen LogP contribution in [-0.2, 0) is 6.54 Å². The molecule has 4 nitrogen and oxygen atoms in total. The topological polar surface area (TPSA) is 32.3 Å². The number of rotatable bonds is 3. The summed E-state index contributed by atoms with van der Waals surface area (Å²) in [4.78, 5) is 14.2. The molecule has 0 bridgehead atoms. The number of hydrogen-bond donors (Lipinski definition) is 0. The van der Waals surface area contributed by atoms with Gasteiger partial charge in [0, 0.05) is 44.1 Å². The highest BCUT2D eigenvalue weighted by molar-refractivity contribution is 5.02. The van der Waals surface area contributed by atoms with Crippen LogP contribution in [-0.4, -0.2) is 51.5 Å². The number of aromatic nitrogens is 2. The van der Waals surface area contributed by atoms with Crippen LogP contribution < -0.4 is 0 Å². The minimum atomic E-state index is 0.678. The maximum absolute atomic E-state index is 4.51. The van der Waals surface area contributed by atoms with Gasteiger partial charge in [-0.3, -0.25) is 19.8 Å². The Hall–Kier alpha value is -1.00. The number of aryl methyl sites for hydroxylation is 1. The summed E-state index contributed by atoms with van der Waals surface area (Å²) in [5, 5.41) is 0. The van der Waals surface area contributed by atoms with Crippen LogP contribution in [0.15, 0.2) is 12.4 Å². The first-order valence-corrected chi connectivity index (χ1v) is 7.52. The van der Waals surface area contributed by atoms with Gasteiger partial charge in [0.2, 0.25) is 0 Å². The summed E-state index contributed by atoms with van der Waals surface area (Å²) in [7, 11) is 0. The van der Waals surface area contributed by atoms with Crippen LogP contribution in [0.1, 0.15) is 37.6 Å². The van der Waals surface area contributed by atoms with E-state index in [1.165, 1.54) is 38.9 Å². The van der Waals surface area contributed by atoms with Gasteiger partial charge >= 0.3 is 0 Å². The molecule has 2 saturated heterocycles. The number of piperazine rings is 1. The SMILES string of the molecule is CCC1CN2CCCC2CN1Cc1cnc(C)cn1. The zero-order valence-electron chi connectivity index (χ0n) is 12.0. The summed E-state index contributed by atoms with van der Waals surface area (Å²) < 4.78 is 0. The fraction of sp³-hybridized carbons (Fsp3) is 0.733. The first kappa shape index (κ1) is 13.0. The van der Waals surface area contributed by atoms with Crippen molar-refractivity contribution in [1.29, 1.82) is 0 Å². The Labute approximate surface area is 115 Å². The third-order valence-corrected chi connectivity index (χ3v) is 4.58. The molecule has 4 heteroatoms. The quantitative estimate of drug-likeness (QED) is 0.830. The van der Waals surface area contributed by atoms with Crippen molar-refractivity contribution >= 4 is 0 Å². The summed E-state index contributed by atoms with van der Waals surface area (Å²) in [6.07, 6.45) is 7.78. The molecule has 104 valence electrons. The molecule has 1 aromatic rings. The Morgan fingerprint density at radius 3 is 2.89 bits per heavy atom. The van der Waals surface area contributed by atoms with Gasteiger partial charge in [0.1, 0.15) is 0 Å². The normalized spacial score (nSPS) is 28.5. The fourth-order valence-electron chi connectivity index (χ4n) is 3.44. The van der Waals surface area contributed by atoms with Crippen molar-refractivity contribution in [2.75, 3.05) is 19.6 Å². The first-order valence-electron chi connectivity index (χ1n) is 7.52. The predicted molar refractivity (Wildman–Crippen MR) is 75.9 cm³/mol. The standard InChI is InChI=1S/C15H24N4/c1-3-14-10-18-6-4-5-15(18)11-19(14)9-13-8-16-12(2)7-17-13/h7-8,14-15H,3-6,9-11H2,1-2H3. The first-order chi connectivity index (χ1) is 9.26. The largest absolute Gasteiger partial charge is 0.298 e. The van der Waals surface area contributed by atoms with E-state index in [0.29, 0.717) is 6.04 Å². The molecule has 2 atom stereocenters. The molecule has 2 aliphatic rings. The Bertz CT molecular complexity index is 417. The maximum atomic E-state index is 4.51. The molecular weight excluding hydrogens is 236 g/mol. The van der Waals surface area contributed by atoms with Crippen LogP contribution in [0.3, 0.4) is 0 Å². The summed E-state index contributed by atoms with van der Waals surface area (Å²) in [5.74, 6) is 0. The van der Waals surface area contributed by atoms with Crippen LogP contribution >= 0.6 is 0 Å². The lowest BCUT2D eigenvalue weighted by atomic mass is 10.0. The summed E-state index contributed by atoms with van der Waals surface area (Å²) in [6.45, 7) is 8.99. The molecule has 0 aliphatic carbocycles. The fourth-order valence-corrected chi connectivity index (χ4v) is 3.44. The van der Waals surface area contributed by atoms with E-state index in [1.807, 2.05) is 19.3 Å². The lowest BCUT2D eigenvalue weighted by molar-refractivity contribution is 0.0428. The minimum Gasteiger partial charge on any atom is -0.298 e. The molecule has 1 aromatic heterocycles. The Kier molecular flexibility index (Phi) is 3.80. The summed E-state index contributed by atoms with van der Waals surface area (Å²) in [6, 6.07) is 1.46. The molecule has 0 N–H and O–H groups in total. The molecule has 19 heavy (non-hydrogen) atoms. The molecule has 3 rings (SSSR count). The van der Waals surface area contributed by atoms with Gasteiger partial charge in [0.15, 0.2) is 0 Å². The van der Waals surface area contributed by atoms with E-state index >= 15 is 0 Å². The highest BCUT2D eigenvalue weighted by Crippen LogP contribution is 2.26. The van der Waals surface area contributed by atoms with Crippen LogP contribution in [0, 0.1) is 6.92 Å². The van der Waals surface area contributed by atoms with E-state index in [9.17, 15) is 0 Å². The highest BCUT2D eigenvalue weighted by Gasteiger charge is 2.35. The van der Waals surface area contributed by atoms with Gasteiger partial charge in [-0.2, -0.15) is 0 Å². The van der Waals surface area contributed by atoms with E-state index < -0.39 is 0 Å². The number of nitrogens with zero attached hydrogens (tertiary/aromatic N) is 4. The predicted octanol–water partition coefficient (Wildman–Crippen LogP) is 1.84. The van der Waals surface area contributed by atoms with Gasteiger partial charge in [-0.05, 0) is 32.7 Å². The number of hydrogen-bond acceptors (Lipinski definition) is 4. The third kappa shape index (κ3) is 2.79. The average Bonchev–Trinajstić information content (AvgIpc) is 2.87. The van der Waals surface area contributed by atoms with Gasteiger partial charge in [-0.15, -0.1) is 0 Å². The van der Waals surface area contributed by atoms with Crippen molar-refractivity contribution in [3.63, 3.8) is 0 Å². The van der Waals surface area contributed by atoms with Crippen LogP contribution in [0.2, 0.25) is 0 Å².